The van der Waals surface area contributed by atoms with E-state index in [1.54, 1.807) is 12.1 Å². The predicted molar refractivity (Wildman–Crippen MR) is 70.1 cm³/mol. The molecule has 0 heterocycles. The van der Waals surface area contributed by atoms with Crippen molar-refractivity contribution in [3.05, 3.63) is 28.8 Å². The van der Waals surface area contributed by atoms with E-state index in [1.807, 2.05) is 6.07 Å². The summed E-state index contributed by atoms with van der Waals surface area (Å²) in [7, 11) is 0. The summed E-state index contributed by atoms with van der Waals surface area (Å²) in [6.45, 7) is 0. The topological polar surface area (TPSA) is 78.9 Å². The van der Waals surface area contributed by atoms with Crippen molar-refractivity contribution in [1.29, 1.82) is 5.26 Å². The van der Waals surface area contributed by atoms with Crippen LogP contribution >= 0.6 is 11.6 Å². The molecule has 94 valence electrons. The fourth-order valence-corrected chi connectivity index (χ4v) is 2.40. The molecule has 0 aromatic heterocycles. The maximum Gasteiger partial charge on any atom is 0.227 e. The zero-order valence-electron chi connectivity index (χ0n) is 9.82. The lowest BCUT2D eigenvalue weighted by atomic mass is 10.1. The largest absolute Gasteiger partial charge is 0.328 e. The summed E-state index contributed by atoms with van der Waals surface area (Å²) in [5, 5.41) is 11.9. The first-order valence-electron chi connectivity index (χ1n) is 5.86. The molecule has 1 amide bonds. The summed E-state index contributed by atoms with van der Waals surface area (Å²) in [6, 6.07) is 6.93. The van der Waals surface area contributed by atoms with E-state index < -0.39 is 0 Å². The van der Waals surface area contributed by atoms with Crippen molar-refractivity contribution in [1.82, 2.24) is 0 Å². The Hall–Kier alpha value is -1.57. The van der Waals surface area contributed by atoms with E-state index in [2.05, 4.69) is 5.32 Å². The Morgan fingerprint density at radius 2 is 2.28 bits per heavy atom. The van der Waals surface area contributed by atoms with E-state index in [-0.39, 0.29) is 17.9 Å². The lowest BCUT2D eigenvalue weighted by molar-refractivity contribution is -0.119. The second kappa shape index (κ2) is 5.38. The van der Waals surface area contributed by atoms with Crippen molar-refractivity contribution >= 4 is 23.2 Å². The van der Waals surface area contributed by atoms with Crippen molar-refractivity contribution in [3.8, 4) is 6.07 Å². The molecule has 2 rings (SSSR count). The van der Waals surface area contributed by atoms with Crippen LogP contribution in [0.2, 0.25) is 5.02 Å². The molecule has 1 aromatic rings. The summed E-state index contributed by atoms with van der Waals surface area (Å²) >= 11 is 6.00. The molecule has 1 aliphatic rings. The molecule has 2 atom stereocenters. The Bertz CT molecular complexity index is 509. The zero-order valence-corrected chi connectivity index (χ0v) is 10.6. The number of anilines is 1. The number of rotatable bonds is 2. The summed E-state index contributed by atoms with van der Waals surface area (Å²) in [6.07, 6.45) is 2.43. The molecule has 0 radical (unpaired) electrons. The fourth-order valence-electron chi connectivity index (χ4n) is 2.18. The molecule has 1 aromatic carbocycles. The number of nitrogens with zero attached hydrogens (tertiary/aromatic N) is 1. The molecule has 0 aliphatic heterocycles. The van der Waals surface area contributed by atoms with Gasteiger partial charge >= 0.3 is 0 Å². The van der Waals surface area contributed by atoms with Crippen LogP contribution in [-0.4, -0.2) is 11.9 Å². The van der Waals surface area contributed by atoms with Crippen molar-refractivity contribution in [2.75, 3.05) is 5.32 Å². The molecular formula is C13H14ClN3O. The van der Waals surface area contributed by atoms with Crippen molar-refractivity contribution in [2.45, 2.75) is 25.3 Å². The highest BCUT2D eigenvalue weighted by Gasteiger charge is 2.27. The number of nitrogens with one attached hydrogen (secondary N) is 1. The summed E-state index contributed by atoms with van der Waals surface area (Å²) in [5.74, 6) is -0.0822. The fraction of sp³-hybridized carbons (Fsp3) is 0.385. The van der Waals surface area contributed by atoms with Crippen LogP contribution in [0.15, 0.2) is 18.2 Å². The summed E-state index contributed by atoms with van der Waals surface area (Å²) in [4.78, 5) is 12.0. The highest BCUT2D eigenvalue weighted by atomic mass is 35.5. The van der Waals surface area contributed by atoms with Gasteiger partial charge in [-0.15, -0.1) is 0 Å². The Kier molecular flexibility index (Phi) is 3.85. The first-order chi connectivity index (χ1) is 8.60. The van der Waals surface area contributed by atoms with Gasteiger partial charge in [-0.3, -0.25) is 4.79 Å². The standard InChI is InChI=1S/C13H14ClN3O/c14-11-5-8(7-15)1-4-12(11)17-13(18)9-2-3-10(16)6-9/h1,4-5,9-10H,2-3,6,16H2,(H,17,18). The lowest BCUT2D eigenvalue weighted by Crippen LogP contribution is -2.23. The second-order valence-electron chi connectivity index (χ2n) is 4.57. The average molecular weight is 264 g/mol. The molecule has 0 bridgehead atoms. The molecule has 3 N–H and O–H groups in total. The van der Waals surface area contributed by atoms with Crippen LogP contribution in [0.4, 0.5) is 5.69 Å². The number of carbonyl (C=O) groups excluding carboxylic acids is 1. The van der Waals surface area contributed by atoms with Gasteiger partial charge in [-0.1, -0.05) is 11.6 Å². The molecular weight excluding hydrogens is 250 g/mol. The molecule has 0 saturated heterocycles. The lowest BCUT2D eigenvalue weighted by Gasteiger charge is -2.12. The normalized spacial score (nSPS) is 22.5. The van der Waals surface area contributed by atoms with Crippen molar-refractivity contribution < 1.29 is 4.79 Å². The first kappa shape index (κ1) is 12.9. The Morgan fingerprint density at radius 1 is 1.50 bits per heavy atom. The van der Waals surface area contributed by atoms with Gasteiger partial charge in [0.05, 0.1) is 22.3 Å². The van der Waals surface area contributed by atoms with Crippen LogP contribution in [0.25, 0.3) is 0 Å². The highest BCUT2D eigenvalue weighted by molar-refractivity contribution is 6.33. The number of hydrogen-bond donors (Lipinski definition) is 2. The maximum atomic E-state index is 12.0. The van der Waals surface area contributed by atoms with Gasteiger partial charge in [-0.05, 0) is 37.5 Å². The van der Waals surface area contributed by atoms with Gasteiger partial charge in [0.15, 0.2) is 0 Å². The highest BCUT2D eigenvalue weighted by Crippen LogP contribution is 2.28. The third-order valence-electron chi connectivity index (χ3n) is 3.20. The number of hydrogen-bond acceptors (Lipinski definition) is 3. The first-order valence-corrected chi connectivity index (χ1v) is 6.24. The van der Waals surface area contributed by atoms with Crippen molar-refractivity contribution in [3.63, 3.8) is 0 Å². The van der Waals surface area contributed by atoms with Gasteiger partial charge in [0.1, 0.15) is 0 Å². The van der Waals surface area contributed by atoms with E-state index in [9.17, 15) is 4.79 Å². The maximum absolute atomic E-state index is 12.0. The summed E-state index contributed by atoms with van der Waals surface area (Å²) in [5.41, 5.74) is 6.80. The van der Waals surface area contributed by atoms with Crippen LogP contribution in [0.3, 0.4) is 0 Å². The molecule has 0 spiro atoms. The third-order valence-corrected chi connectivity index (χ3v) is 3.51. The average Bonchev–Trinajstić information content (AvgIpc) is 2.78. The Labute approximate surface area is 111 Å². The second-order valence-corrected chi connectivity index (χ2v) is 4.97. The van der Waals surface area contributed by atoms with E-state index in [0.29, 0.717) is 16.3 Å². The van der Waals surface area contributed by atoms with Gasteiger partial charge in [0.25, 0.3) is 0 Å². The molecule has 1 saturated carbocycles. The van der Waals surface area contributed by atoms with Crippen LogP contribution < -0.4 is 11.1 Å². The minimum atomic E-state index is -0.0467. The van der Waals surface area contributed by atoms with Gasteiger partial charge in [-0.25, -0.2) is 0 Å². The van der Waals surface area contributed by atoms with Crippen molar-refractivity contribution in [2.24, 2.45) is 11.7 Å². The van der Waals surface area contributed by atoms with Gasteiger partial charge in [0.2, 0.25) is 5.91 Å². The molecule has 2 unspecified atom stereocenters. The number of carbonyl (C=O) groups is 1. The molecule has 5 heteroatoms. The van der Waals surface area contributed by atoms with E-state index in [0.717, 1.165) is 19.3 Å². The smallest absolute Gasteiger partial charge is 0.227 e. The van der Waals surface area contributed by atoms with Crippen LogP contribution in [-0.2, 0) is 4.79 Å². The Morgan fingerprint density at radius 3 is 2.83 bits per heavy atom. The molecule has 1 aliphatic carbocycles. The quantitative estimate of drug-likeness (QED) is 0.859. The number of benzene rings is 1. The molecule has 4 nitrogen and oxygen atoms in total. The zero-order chi connectivity index (χ0) is 13.1. The molecule has 1 fully saturated rings. The SMILES string of the molecule is N#Cc1ccc(NC(=O)C2CCC(N)C2)c(Cl)c1. The van der Waals surface area contributed by atoms with Crippen LogP contribution in [0.5, 0.6) is 0 Å². The Balaban J connectivity index is 2.06. The predicted octanol–water partition coefficient (Wildman–Crippen LogP) is 2.28. The van der Waals surface area contributed by atoms with E-state index >= 15 is 0 Å². The number of nitrogens with two attached hydrogens (primary N) is 1. The third kappa shape index (κ3) is 2.81. The van der Waals surface area contributed by atoms with E-state index in [1.165, 1.54) is 6.07 Å². The number of halogens is 1. The number of amides is 1. The van der Waals surface area contributed by atoms with Crippen LogP contribution in [0.1, 0.15) is 24.8 Å². The van der Waals surface area contributed by atoms with Gasteiger partial charge in [0, 0.05) is 12.0 Å². The monoisotopic (exact) mass is 263 g/mol. The minimum absolute atomic E-state index is 0.0355. The minimum Gasteiger partial charge on any atom is -0.328 e. The van der Waals surface area contributed by atoms with Crippen LogP contribution in [0, 0.1) is 17.2 Å². The number of nitriles is 1. The van der Waals surface area contributed by atoms with Gasteiger partial charge < -0.3 is 11.1 Å². The van der Waals surface area contributed by atoms with E-state index in [4.69, 9.17) is 22.6 Å². The molecule has 18 heavy (non-hydrogen) atoms. The van der Waals surface area contributed by atoms with Gasteiger partial charge in [-0.2, -0.15) is 5.26 Å². The summed E-state index contributed by atoms with van der Waals surface area (Å²) < 4.78 is 0.